The standard InChI is InChI=1S/C13H12ClNO3/c1-7(13(16)17)10-6-15-11-5-8(18-2)3-4-9(11)12(10)14/h3-7H,1-2H3,(H,16,17). The van der Waals surface area contributed by atoms with Crippen LogP contribution >= 0.6 is 11.6 Å². The molecule has 0 aliphatic heterocycles. The Morgan fingerprint density at radius 2 is 2.22 bits per heavy atom. The first-order valence-corrected chi connectivity index (χ1v) is 5.77. The second-order valence-corrected chi connectivity index (χ2v) is 4.35. The molecule has 18 heavy (non-hydrogen) atoms. The Morgan fingerprint density at radius 3 is 2.83 bits per heavy atom. The minimum absolute atomic E-state index is 0.428. The summed E-state index contributed by atoms with van der Waals surface area (Å²) in [5, 5.41) is 10.2. The first-order valence-electron chi connectivity index (χ1n) is 5.39. The van der Waals surface area contributed by atoms with Crippen molar-refractivity contribution in [2.45, 2.75) is 12.8 Å². The van der Waals surface area contributed by atoms with Crippen molar-refractivity contribution >= 4 is 28.5 Å². The van der Waals surface area contributed by atoms with Crippen LogP contribution in [0.2, 0.25) is 5.02 Å². The highest BCUT2D eigenvalue weighted by Gasteiger charge is 2.19. The molecule has 0 aliphatic rings. The number of halogens is 1. The van der Waals surface area contributed by atoms with Gasteiger partial charge in [-0.1, -0.05) is 11.6 Å². The second kappa shape index (κ2) is 4.82. The van der Waals surface area contributed by atoms with Crippen molar-refractivity contribution in [3.8, 4) is 5.75 Å². The molecule has 0 saturated heterocycles. The van der Waals surface area contributed by atoms with Crippen molar-refractivity contribution in [1.29, 1.82) is 0 Å². The Hall–Kier alpha value is -1.81. The lowest BCUT2D eigenvalue weighted by Gasteiger charge is -2.11. The van der Waals surface area contributed by atoms with Gasteiger partial charge in [0.05, 0.1) is 23.6 Å². The number of aliphatic carboxylic acids is 1. The van der Waals surface area contributed by atoms with Crippen LogP contribution in [0.15, 0.2) is 24.4 Å². The highest BCUT2D eigenvalue weighted by molar-refractivity contribution is 6.36. The molecule has 1 aromatic carbocycles. The monoisotopic (exact) mass is 265 g/mol. The van der Waals surface area contributed by atoms with E-state index in [0.29, 0.717) is 21.9 Å². The Balaban J connectivity index is 2.61. The average molecular weight is 266 g/mol. The topological polar surface area (TPSA) is 59.4 Å². The SMILES string of the molecule is COc1ccc2c(Cl)c(C(C)C(=O)O)cnc2c1. The number of methoxy groups -OCH3 is 1. The van der Waals surface area contributed by atoms with E-state index in [2.05, 4.69) is 4.98 Å². The van der Waals surface area contributed by atoms with Crippen LogP contribution in [0, 0.1) is 0 Å². The number of hydrogen-bond acceptors (Lipinski definition) is 3. The van der Waals surface area contributed by atoms with E-state index in [0.717, 1.165) is 5.39 Å². The van der Waals surface area contributed by atoms with Crippen LogP contribution in [-0.4, -0.2) is 23.2 Å². The smallest absolute Gasteiger partial charge is 0.310 e. The van der Waals surface area contributed by atoms with Crippen molar-refractivity contribution in [2.75, 3.05) is 7.11 Å². The average Bonchev–Trinajstić information content (AvgIpc) is 2.37. The van der Waals surface area contributed by atoms with Gasteiger partial charge in [0, 0.05) is 23.2 Å². The fourth-order valence-corrected chi connectivity index (χ4v) is 2.09. The van der Waals surface area contributed by atoms with Crippen LogP contribution in [0.1, 0.15) is 18.4 Å². The molecule has 0 aliphatic carbocycles. The van der Waals surface area contributed by atoms with Crippen LogP contribution in [0.4, 0.5) is 0 Å². The molecule has 0 bridgehead atoms. The van der Waals surface area contributed by atoms with Gasteiger partial charge >= 0.3 is 5.97 Å². The zero-order chi connectivity index (χ0) is 13.3. The van der Waals surface area contributed by atoms with Gasteiger partial charge in [-0.15, -0.1) is 0 Å². The Morgan fingerprint density at radius 1 is 1.50 bits per heavy atom. The lowest BCUT2D eigenvalue weighted by Crippen LogP contribution is -2.08. The number of aromatic nitrogens is 1. The van der Waals surface area contributed by atoms with E-state index in [1.165, 1.54) is 6.20 Å². The van der Waals surface area contributed by atoms with Gasteiger partial charge in [0.15, 0.2) is 0 Å². The van der Waals surface area contributed by atoms with Crippen molar-refractivity contribution in [3.63, 3.8) is 0 Å². The zero-order valence-corrected chi connectivity index (χ0v) is 10.7. The largest absolute Gasteiger partial charge is 0.497 e. The van der Waals surface area contributed by atoms with Crippen LogP contribution in [-0.2, 0) is 4.79 Å². The van der Waals surface area contributed by atoms with E-state index in [4.69, 9.17) is 21.4 Å². The summed E-state index contributed by atoms with van der Waals surface area (Å²) in [7, 11) is 1.57. The number of nitrogens with zero attached hydrogens (tertiary/aromatic N) is 1. The highest BCUT2D eigenvalue weighted by Crippen LogP contribution is 2.32. The molecule has 1 unspecified atom stereocenters. The maximum atomic E-state index is 11.0. The van der Waals surface area contributed by atoms with E-state index in [9.17, 15) is 4.79 Å². The van der Waals surface area contributed by atoms with Gasteiger partial charge in [-0.05, 0) is 19.1 Å². The lowest BCUT2D eigenvalue weighted by molar-refractivity contribution is -0.138. The predicted molar refractivity (Wildman–Crippen MR) is 69.4 cm³/mol. The molecule has 94 valence electrons. The number of benzene rings is 1. The molecule has 4 nitrogen and oxygen atoms in total. The molecular formula is C13H12ClNO3. The number of rotatable bonds is 3. The summed E-state index contributed by atoms with van der Waals surface area (Å²) in [6, 6.07) is 5.31. The molecule has 2 rings (SSSR count). The molecule has 0 saturated carbocycles. The number of fused-ring (bicyclic) bond motifs is 1. The van der Waals surface area contributed by atoms with Crippen LogP contribution < -0.4 is 4.74 Å². The van der Waals surface area contributed by atoms with E-state index in [1.54, 1.807) is 32.2 Å². The van der Waals surface area contributed by atoms with Crippen molar-refractivity contribution in [3.05, 3.63) is 35.0 Å². The van der Waals surface area contributed by atoms with Gasteiger partial charge in [-0.25, -0.2) is 0 Å². The van der Waals surface area contributed by atoms with Gasteiger partial charge in [-0.3, -0.25) is 9.78 Å². The fourth-order valence-electron chi connectivity index (χ4n) is 1.72. The summed E-state index contributed by atoms with van der Waals surface area (Å²) in [6.07, 6.45) is 1.50. The third kappa shape index (κ3) is 2.11. The van der Waals surface area contributed by atoms with Crippen molar-refractivity contribution < 1.29 is 14.6 Å². The molecule has 1 atom stereocenters. The van der Waals surface area contributed by atoms with E-state index >= 15 is 0 Å². The summed E-state index contributed by atoms with van der Waals surface area (Å²) >= 11 is 6.23. The molecule has 1 aromatic heterocycles. The number of carboxylic acid groups (broad SMARTS) is 1. The Kier molecular flexibility index (Phi) is 3.39. The number of hydrogen-bond donors (Lipinski definition) is 1. The first kappa shape index (κ1) is 12.6. The Bertz CT molecular complexity index is 612. The summed E-state index contributed by atoms with van der Waals surface area (Å²) < 4.78 is 5.10. The number of pyridine rings is 1. The van der Waals surface area contributed by atoms with Gasteiger partial charge < -0.3 is 9.84 Å². The van der Waals surface area contributed by atoms with Gasteiger partial charge in [0.25, 0.3) is 0 Å². The maximum absolute atomic E-state index is 11.0. The van der Waals surface area contributed by atoms with Gasteiger partial charge in [0.1, 0.15) is 5.75 Å². The molecule has 0 radical (unpaired) electrons. The van der Waals surface area contributed by atoms with Crippen LogP contribution in [0.25, 0.3) is 10.9 Å². The zero-order valence-electron chi connectivity index (χ0n) is 9.98. The van der Waals surface area contributed by atoms with Crippen LogP contribution in [0.5, 0.6) is 5.75 Å². The van der Waals surface area contributed by atoms with Crippen molar-refractivity contribution in [1.82, 2.24) is 4.98 Å². The number of ether oxygens (including phenoxy) is 1. The number of carbonyl (C=O) groups is 1. The first-order chi connectivity index (χ1) is 8.54. The summed E-state index contributed by atoms with van der Waals surface area (Å²) in [6.45, 7) is 1.58. The van der Waals surface area contributed by atoms with Gasteiger partial charge in [-0.2, -0.15) is 0 Å². The molecule has 1 N–H and O–H groups in total. The molecule has 0 fully saturated rings. The highest BCUT2D eigenvalue weighted by atomic mass is 35.5. The van der Waals surface area contributed by atoms with Crippen LogP contribution in [0.3, 0.4) is 0 Å². The molecule has 0 spiro atoms. The minimum atomic E-state index is -0.924. The van der Waals surface area contributed by atoms with Crippen molar-refractivity contribution in [2.24, 2.45) is 0 Å². The third-order valence-corrected chi connectivity index (χ3v) is 3.30. The summed E-state index contributed by atoms with van der Waals surface area (Å²) in [5.74, 6) is -0.923. The normalized spacial score (nSPS) is 12.4. The maximum Gasteiger partial charge on any atom is 0.310 e. The minimum Gasteiger partial charge on any atom is -0.497 e. The molecule has 5 heteroatoms. The summed E-state index contributed by atoms with van der Waals surface area (Å²) in [4.78, 5) is 15.2. The van der Waals surface area contributed by atoms with E-state index in [-0.39, 0.29) is 0 Å². The molecule has 1 heterocycles. The lowest BCUT2D eigenvalue weighted by atomic mass is 10.0. The molecule has 2 aromatic rings. The van der Waals surface area contributed by atoms with E-state index < -0.39 is 11.9 Å². The van der Waals surface area contributed by atoms with E-state index in [1.807, 2.05) is 0 Å². The predicted octanol–water partition coefficient (Wildman–Crippen LogP) is 3.08. The number of carboxylic acids is 1. The van der Waals surface area contributed by atoms with Gasteiger partial charge in [0.2, 0.25) is 0 Å². The quantitative estimate of drug-likeness (QED) is 0.926. The second-order valence-electron chi connectivity index (χ2n) is 3.97. The Labute approximate surface area is 109 Å². The third-order valence-electron chi connectivity index (χ3n) is 2.87. The fraction of sp³-hybridized carbons (Fsp3) is 0.231. The molecular weight excluding hydrogens is 254 g/mol. The summed E-state index contributed by atoms with van der Waals surface area (Å²) in [5.41, 5.74) is 1.20. The molecule has 0 amide bonds.